The van der Waals surface area contributed by atoms with Crippen LogP contribution < -0.4 is 10.6 Å². The molecule has 3 heterocycles. The van der Waals surface area contributed by atoms with Crippen molar-refractivity contribution in [1.82, 2.24) is 24.9 Å². The van der Waals surface area contributed by atoms with Crippen LogP contribution in [0, 0.1) is 5.53 Å². The van der Waals surface area contributed by atoms with Gasteiger partial charge in [-0.3, -0.25) is 19.2 Å². The van der Waals surface area contributed by atoms with Gasteiger partial charge < -0.3 is 15.5 Å². The number of nitrogens with zero attached hydrogens (tertiary/aromatic N) is 5. The Morgan fingerprint density at radius 2 is 2.09 bits per heavy atom. The molecule has 10 nitrogen and oxygen atoms in total. The van der Waals surface area contributed by atoms with Crippen LogP contribution in [0.1, 0.15) is 36.3 Å². The zero-order valence-corrected chi connectivity index (χ0v) is 19.4. The summed E-state index contributed by atoms with van der Waals surface area (Å²) in [5.41, 5.74) is 10.6. The largest absolute Gasteiger partial charge is 0.386 e. The highest BCUT2D eigenvalue weighted by molar-refractivity contribution is 5.90. The van der Waals surface area contributed by atoms with Crippen LogP contribution in [0.3, 0.4) is 0 Å². The molecule has 33 heavy (non-hydrogen) atoms. The molecule has 0 saturated carbocycles. The Hall–Kier alpha value is -3.27. The summed E-state index contributed by atoms with van der Waals surface area (Å²) in [5.74, 6) is 0.173. The van der Waals surface area contributed by atoms with Gasteiger partial charge in [0.05, 0.1) is 17.9 Å². The van der Waals surface area contributed by atoms with E-state index >= 15 is 0 Å². The van der Waals surface area contributed by atoms with Gasteiger partial charge in [0.2, 0.25) is 11.8 Å². The minimum atomic E-state index is -0.444. The molecule has 0 radical (unpaired) electrons. The lowest BCUT2D eigenvalue weighted by molar-refractivity contribution is -0.141. The molecular weight excluding hydrogens is 420 g/mol. The first-order chi connectivity index (χ1) is 15.9. The van der Waals surface area contributed by atoms with Gasteiger partial charge in [-0.1, -0.05) is 6.07 Å². The van der Waals surface area contributed by atoms with Gasteiger partial charge in [0, 0.05) is 45.8 Å². The van der Waals surface area contributed by atoms with Crippen LogP contribution in [0.15, 0.2) is 35.7 Å². The lowest BCUT2D eigenvalue weighted by atomic mass is 9.99. The number of carbonyl (C=O) groups excluding carboxylic acids is 2. The van der Waals surface area contributed by atoms with E-state index in [4.69, 9.17) is 5.53 Å². The van der Waals surface area contributed by atoms with Crippen molar-refractivity contribution in [2.45, 2.75) is 43.8 Å². The Morgan fingerprint density at radius 3 is 2.79 bits per heavy atom. The molecule has 3 atom stereocenters. The summed E-state index contributed by atoms with van der Waals surface area (Å²) < 4.78 is 1.79. The van der Waals surface area contributed by atoms with Crippen LogP contribution in [0.4, 0.5) is 11.4 Å². The molecule has 2 saturated heterocycles. The predicted molar refractivity (Wildman–Crippen MR) is 124 cm³/mol. The summed E-state index contributed by atoms with van der Waals surface area (Å²) >= 11 is 0. The van der Waals surface area contributed by atoms with E-state index in [1.807, 2.05) is 38.6 Å². The number of anilines is 1. The van der Waals surface area contributed by atoms with Crippen molar-refractivity contribution >= 4 is 23.2 Å². The van der Waals surface area contributed by atoms with Crippen LogP contribution >= 0.6 is 0 Å². The number of nitrogens with one attached hydrogen (secondary N) is 3. The lowest BCUT2D eigenvalue weighted by Crippen LogP contribution is -2.51. The molecule has 0 aliphatic carbocycles. The zero-order valence-electron chi connectivity index (χ0n) is 19.4. The first kappa shape index (κ1) is 22.9. The van der Waals surface area contributed by atoms with Crippen molar-refractivity contribution in [2.24, 2.45) is 12.2 Å². The highest BCUT2D eigenvalue weighted by atomic mass is 16.2. The van der Waals surface area contributed by atoms with Gasteiger partial charge in [-0.15, -0.1) is 0 Å². The van der Waals surface area contributed by atoms with Gasteiger partial charge in [-0.05, 0) is 49.6 Å². The smallest absolute Gasteiger partial charge is 0.243 e. The molecule has 0 spiro atoms. The topological polar surface area (TPSA) is 119 Å². The molecule has 2 aliphatic rings. The average Bonchev–Trinajstić information content (AvgIpc) is 3.56. The molecule has 176 valence electrons. The summed E-state index contributed by atoms with van der Waals surface area (Å²) in [7, 11) is 5.65. The summed E-state index contributed by atoms with van der Waals surface area (Å²) in [6.45, 7) is 1.74. The Bertz CT molecular complexity index is 1040. The number of likely N-dealkylation sites (N-methyl/N-ethyl adjacent to an activating group) is 1. The fraction of sp³-hybridized carbons (Fsp3) is 0.522. The van der Waals surface area contributed by atoms with Crippen molar-refractivity contribution < 1.29 is 9.59 Å². The Kier molecular flexibility index (Phi) is 6.73. The third-order valence-electron chi connectivity index (χ3n) is 6.79. The molecule has 1 aromatic heterocycles. The molecule has 1 aromatic carbocycles. The molecule has 10 heteroatoms. The second kappa shape index (κ2) is 9.70. The van der Waals surface area contributed by atoms with Gasteiger partial charge in [0.1, 0.15) is 11.7 Å². The second-order valence-electron chi connectivity index (χ2n) is 8.96. The van der Waals surface area contributed by atoms with Crippen LogP contribution in [0.25, 0.3) is 0 Å². The van der Waals surface area contributed by atoms with E-state index in [1.54, 1.807) is 22.7 Å². The van der Waals surface area contributed by atoms with E-state index in [-0.39, 0.29) is 23.8 Å². The van der Waals surface area contributed by atoms with Crippen molar-refractivity contribution in [3.05, 3.63) is 41.7 Å². The Labute approximate surface area is 193 Å². The van der Waals surface area contributed by atoms with Gasteiger partial charge in [0.25, 0.3) is 0 Å². The molecule has 1 unspecified atom stereocenters. The number of benzene rings is 1. The number of carbonyl (C=O) groups is 2. The maximum Gasteiger partial charge on any atom is 0.243 e. The Balaban J connectivity index is 1.38. The van der Waals surface area contributed by atoms with E-state index in [0.717, 1.165) is 36.2 Å². The number of aromatic nitrogens is 2. The fourth-order valence-corrected chi connectivity index (χ4v) is 4.97. The van der Waals surface area contributed by atoms with Crippen molar-refractivity contribution in [1.29, 1.82) is 5.53 Å². The average molecular weight is 453 g/mol. The van der Waals surface area contributed by atoms with Gasteiger partial charge >= 0.3 is 0 Å². The number of rotatable bonds is 7. The molecule has 2 amide bonds. The zero-order chi connectivity index (χ0) is 23.5. The van der Waals surface area contributed by atoms with Gasteiger partial charge in [-0.25, -0.2) is 5.53 Å². The lowest BCUT2D eigenvalue weighted by Gasteiger charge is -2.29. The predicted octanol–water partition coefficient (Wildman–Crippen LogP) is 2.22. The van der Waals surface area contributed by atoms with Crippen molar-refractivity contribution in [3.8, 4) is 0 Å². The fourth-order valence-electron chi connectivity index (χ4n) is 4.97. The van der Waals surface area contributed by atoms with E-state index < -0.39 is 6.04 Å². The normalized spacial score (nSPS) is 23.0. The van der Waals surface area contributed by atoms with Crippen molar-refractivity contribution in [2.75, 3.05) is 32.5 Å². The summed E-state index contributed by atoms with van der Waals surface area (Å²) in [6, 6.07) is 4.85. The molecule has 0 bridgehead atoms. The second-order valence-corrected chi connectivity index (χ2v) is 8.96. The van der Waals surface area contributed by atoms with E-state index in [9.17, 15) is 9.59 Å². The summed E-state index contributed by atoms with van der Waals surface area (Å²) in [5, 5.41) is 13.8. The summed E-state index contributed by atoms with van der Waals surface area (Å²) in [4.78, 5) is 30.3. The van der Waals surface area contributed by atoms with Crippen molar-refractivity contribution in [3.63, 3.8) is 0 Å². The monoisotopic (exact) mass is 452 g/mol. The van der Waals surface area contributed by atoms with E-state index in [0.29, 0.717) is 25.2 Å². The quantitative estimate of drug-likeness (QED) is 0.557. The third-order valence-corrected chi connectivity index (χ3v) is 6.79. The maximum absolute atomic E-state index is 13.4. The summed E-state index contributed by atoms with van der Waals surface area (Å²) in [6.07, 6.45) is 6.13. The molecule has 2 aromatic rings. The highest BCUT2D eigenvalue weighted by Gasteiger charge is 2.42. The number of hydrogen-bond donors (Lipinski definition) is 3. The van der Waals surface area contributed by atoms with E-state index in [2.05, 4.69) is 25.7 Å². The van der Waals surface area contributed by atoms with Gasteiger partial charge in [-0.2, -0.15) is 10.2 Å². The first-order valence-electron chi connectivity index (χ1n) is 11.4. The number of amides is 2. The van der Waals surface area contributed by atoms with Crippen LogP contribution in [-0.2, 0) is 23.2 Å². The molecule has 4 rings (SSSR count). The van der Waals surface area contributed by atoms with E-state index in [1.165, 1.54) is 0 Å². The Morgan fingerprint density at radius 1 is 1.27 bits per heavy atom. The minimum Gasteiger partial charge on any atom is -0.386 e. The van der Waals surface area contributed by atoms with Crippen LogP contribution in [0.2, 0.25) is 0 Å². The standard InChI is InChI=1S/C23H32N8O2/c1-25-18-7-6-15(9-19(18)28-24)11-26-22(32)20-5-4-8-31(20)23(33)21-10-16(13-29(21)2)17-12-27-30(3)14-17/h6-7,9,12,14,16,20-21,24-25H,4-5,8,10-11,13H2,1-3H3,(H,26,32)/t16-,20?,21-/m1/s1. The molecule has 2 aliphatic heterocycles. The maximum atomic E-state index is 13.4. The molecular formula is C23H32N8O2. The minimum absolute atomic E-state index is 0.0372. The number of aryl methyl sites for hydroxylation is 1. The van der Waals surface area contributed by atoms with Crippen LogP contribution in [0.5, 0.6) is 0 Å². The number of hydrogen-bond acceptors (Lipinski definition) is 7. The third kappa shape index (κ3) is 4.75. The van der Waals surface area contributed by atoms with Gasteiger partial charge in [0.15, 0.2) is 0 Å². The van der Waals surface area contributed by atoms with Crippen LogP contribution in [-0.4, -0.2) is 70.7 Å². The molecule has 2 fully saturated rings. The number of likely N-dealkylation sites (tertiary alicyclic amines) is 2. The first-order valence-corrected chi connectivity index (χ1v) is 11.4. The molecule has 3 N–H and O–H groups in total. The highest BCUT2D eigenvalue weighted by Crippen LogP contribution is 2.33. The SMILES string of the molecule is CNc1ccc(CNC(=O)C2CCCN2C(=O)[C@H]2C[C@@H](c3cnn(C)c3)CN2C)cc1N=N.